The summed E-state index contributed by atoms with van der Waals surface area (Å²) in [5.41, 5.74) is 0. The highest BCUT2D eigenvalue weighted by Crippen LogP contribution is 2.38. The Morgan fingerprint density at radius 2 is 0.955 bits per heavy atom. The number of phosphoric acid groups is 1. The molecule has 0 rings (SSSR count). The molecule has 1 N–H and O–H groups in total. The van der Waals surface area contributed by atoms with Gasteiger partial charge in [0.2, 0.25) is 5.91 Å². The molecule has 3 unspecified atom stereocenters. The van der Waals surface area contributed by atoms with E-state index in [4.69, 9.17) is 13.8 Å². The number of nitrogens with zero attached hydrogens (tertiary/aromatic N) is 1. The number of carbonyl (C=O) groups excluding carboxylic acids is 2. The Hall–Kier alpha value is -2.55. The van der Waals surface area contributed by atoms with Crippen LogP contribution in [-0.4, -0.2) is 69.4 Å². The molecule has 0 aromatic carbocycles. The van der Waals surface area contributed by atoms with Gasteiger partial charge in [0.15, 0.2) is 0 Å². The molecule has 0 bridgehead atoms. The predicted octanol–water partition coefficient (Wildman–Crippen LogP) is 15.5. The fourth-order valence-electron chi connectivity index (χ4n) is 7.45. The molecule has 0 spiro atoms. The smallest absolute Gasteiger partial charge is 0.306 e. The molecule has 0 aromatic heterocycles. The van der Waals surface area contributed by atoms with Crippen molar-refractivity contribution >= 4 is 19.7 Å². The van der Waals surface area contributed by atoms with E-state index in [1.54, 1.807) is 0 Å². The summed E-state index contributed by atoms with van der Waals surface area (Å²) in [5, 5.41) is 3.00. The maximum atomic E-state index is 13.4. The Bertz CT molecular complexity index is 1380. The number of carbonyl (C=O) groups is 2. The van der Waals surface area contributed by atoms with E-state index in [9.17, 15) is 19.0 Å². The van der Waals surface area contributed by atoms with Crippen LogP contribution in [0.4, 0.5) is 0 Å². The van der Waals surface area contributed by atoms with Crippen LogP contribution in [0.5, 0.6) is 0 Å². The van der Waals surface area contributed by atoms with Crippen LogP contribution in [-0.2, 0) is 27.9 Å². The number of likely N-dealkylation sites (N-methyl/N-ethyl adjacent to an activating group) is 1. The van der Waals surface area contributed by atoms with E-state index in [1.165, 1.54) is 77.0 Å². The van der Waals surface area contributed by atoms with Gasteiger partial charge in [-0.3, -0.25) is 14.2 Å². The quantitative estimate of drug-likeness (QED) is 0.0212. The molecule has 0 heterocycles. The first-order valence-corrected chi connectivity index (χ1v) is 28.7. The highest BCUT2D eigenvalue weighted by molar-refractivity contribution is 7.45. The van der Waals surface area contributed by atoms with Crippen molar-refractivity contribution in [2.24, 2.45) is 0 Å². The average molecular weight is 959 g/mol. The van der Waals surface area contributed by atoms with Gasteiger partial charge in [-0.25, -0.2) is 0 Å². The molecule has 0 saturated carbocycles. The number of esters is 1. The van der Waals surface area contributed by atoms with E-state index in [0.717, 1.165) is 109 Å². The summed E-state index contributed by atoms with van der Waals surface area (Å²) in [7, 11) is 1.16. The number of rotatable bonds is 48. The predicted molar refractivity (Wildman–Crippen MR) is 284 cm³/mol. The second-order valence-electron chi connectivity index (χ2n) is 19.3. The number of allylic oxidation sites excluding steroid dienone is 11. The van der Waals surface area contributed by atoms with Gasteiger partial charge >= 0.3 is 5.97 Å². The fourth-order valence-corrected chi connectivity index (χ4v) is 8.18. The molecular formula is C57H103N2O7P. The molecule has 10 heteroatoms. The third-order valence-corrected chi connectivity index (χ3v) is 12.6. The third-order valence-electron chi connectivity index (χ3n) is 11.6. The zero-order valence-electron chi connectivity index (χ0n) is 44.1. The lowest BCUT2D eigenvalue weighted by atomic mass is 10.0. The van der Waals surface area contributed by atoms with Crippen LogP contribution in [0, 0.1) is 0 Å². The molecule has 9 nitrogen and oxygen atoms in total. The molecule has 3 atom stereocenters. The van der Waals surface area contributed by atoms with Crippen molar-refractivity contribution in [2.75, 3.05) is 40.9 Å². The van der Waals surface area contributed by atoms with Gasteiger partial charge in [-0.05, 0) is 89.5 Å². The van der Waals surface area contributed by atoms with E-state index < -0.39 is 26.6 Å². The Morgan fingerprint density at radius 3 is 1.43 bits per heavy atom. The number of quaternary nitrogens is 1. The lowest BCUT2D eigenvalue weighted by Gasteiger charge is -2.30. The van der Waals surface area contributed by atoms with Crippen LogP contribution >= 0.6 is 7.82 Å². The number of phosphoric ester groups is 1. The third kappa shape index (κ3) is 48.3. The van der Waals surface area contributed by atoms with Gasteiger partial charge < -0.3 is 28.5 Å². The fraction of sp³-hybridized carbons (Fsp3) is 0.754. The van der Waals surface area contributed by atoms with E-state index in [-0.39, 0.29) is 24.9 Å². The standard InChI is InChI=1S/C57H103N2O7P/c1-7-10-13-16-19-22-25-28-31-34-37-40-43-46-49-56(60)58-54(53-65-67(62,63)64-52-51-59(4,5)6)55(48-45-42-39-36-33-30-27-24-21-18-15-12-9-3)66-57(61)50-47-44-41-38-35-32-29-26-23-20-17-14-11-8-2/h10-11,13-14,19-20,22-23,29,32,45,48,54-55H,7-9,12,15-18,21,24-28,30-31,33-44,46-47,49-53H2,1-6H3,(H-,58,60,62,63)/b13-10+,14-11+,22-19+,23-20+,32-29+,48-45+. The summed E-state index contributed by atoms with van der Waals surface area (Å²) in [6.07, 6.45) is 58.6. The van der Waals surface area contributed by atoms with Gasteiger partial charge in [-0.2, -0.15) is 0 Å². The van der Waals surface area contributed by atoms with Crippen molar-refractivity contribution in [1.29, 1.82) is 0 Å². The maximum Gasteiger partial charge on any atom is 0.306 e. The highest BCUT2D eigenvalue weighted by atomic mass is 31.2. The maximum absolute atomic E-state index is 13.4. The van der Waals surface area contributed by atoms with Crippen LogP contribution < -0.4 is 10.2 Å². The Balaban J connectivity index is 5.46. The molecule has 0 saturated heterocycles. The number of hydrogen-bond acceptors (Lipinski definition) is 7. The Labute approximate surface area is 413 Å². The summed E-state index contributed by atoms with van der Waals surface area (Å²) in [4.78, 5) is 39.8. The number of amides is 1. The van der Waals surface area contributed by atoms with Crippen molar-refractivity contribution < 1.29 is 37.3 Å². The lowest BCUT2D eigenvalue weighted by molar-refractivity contribution is -0.870. The summed E-state index contributed by atoms with van der Waals surface area (Å²) < 4.78 is 30.2. The van der Waals surface area contributed by atoms with Crippen LogP contribution in [0.15, 0.2) is 72.9 Å². The molecule has 0 fully saturated rings. The second kappa shape index (κ2) is 47.1. The van der Waals surface area contributed by atoms with E-state index in [2.05, 4.69) is 86.8 Å². The van der Waals surface area contributed by atoms with E-state index in [1.807, 2.05) is 33.3 Å². The average Bonchev–Trinajstić information content (AvgIpc) is 3.28. The van der Waals surface area contributed by atoms with Crippen molar-refractivity contribution in [3.05, 3.63) is 72.9 Å². The van der Waals surface area contributed by atoms with Crippen molar-refractivity contribution in [3.8, 4) is 0 Å². The molecule has 0 aliphatic heterocycles. The minimum absolute atomic E-state index is 0.0304. The van der Waals surface area contributed by atoms with E-state index in [0.29, 0.717) is 23.9 Å². The molecule has 388 valence electrons. The van der Waals surface area contributed by atoms with Crippen LogP contribution in [0.1, 0.15) is 226 Å². The number of hydrogen-bond donors (Lipinski definition) is 1. The molecule has 0 aromatic rings. The molecule has 0 aliphatic carbocycles. The van der Waals surface area contributed by atoms with E-state index >= 15 is 0 Å². The monoisotopic (exact) mass is 959 g/mol. The Morgan fingerprint density at radius 1 is 0.537 bits per heavy atom. The van der Waals surface area contributed by atoms with Crippen molar-refractivity contribution in [3.63, 3.8) is 0 Å². The molecule has 0 aliphatic rings. The summed E-state index contributed by atoms with van der Waals surface area (Å²) >= 11 is 0. The number of ether oxygens (including phenoxy) is 1. The van der Waals surface area contributed by atoms with Crippen molar-refractivity contribution in [1.82, 2.24) is 5.32 Å². The lowest BCUT2D eigenvalue weighted by Crippen LogP contribution is -2.47. The summed E-state index contributed by atoms with van der Waals surface area (Å²) in [6, 6.07) is -0.902. The minimum Gasteiger partial charge on any atom is -0.756 e. The SMILES string of the molecule is CC/C=C/C/C=C/C/C=C/CCCCCCC(=O)OC(/C=C/CCCCCCCCCCCCC)C(COP(=O)([O-])OCC[N+](C)(C)C)NC(=O)CCCCCCCCC/C=C/C/C=C/CC. The molecule has 1 amide bonds. The topological polar surface area (TPSA) is 114 Å². The number of unbranched alkanes of at least 4 members (excludes halogenated alkanes) is 22. The van der Waals surface area contributed by atoms with Gasteiger partial charge in [0.05, 0.1) is 33.8 Å². The highest BCUT2D eigenvalue weighted by Gasteiger charge is 2.27. The molecule has 0 radical (unpaired) electrons. The first-order valence-electron chi connectivity index (χ1n) is 27.2. The first kappa shape index (κ1) is 64.5. The minimum atomic E-state index is -4.70. The van der Waals surface area contributed by atoms with Crippen LogP contribution in [0.2, 0.25) is 0 Å². The zero-order chi connectivity index (χ0) is 49.4. The number of nitrogens with one attached hydrogen (secondary N) is 1. The largest absolute Gasteiger partial charge is 0.756 e. The first-order chi connectivity index (χ1) is 32.4. The van der Waals surface area contributed by atoms with Crippen molar-refractivity contribution in [2.45, 2.75) is 238 Å². The Kier molecular flexibility index (Phi) is 45.3. The van der Waals surface area contributed by atoms with Crippen LogP contribution in [0.3, 0.4) is 0 Å². The normalized spacial score (nSPS) is 14.4. The summed E-state index contributed by atoms with van der Waals surface area (Å²) in [6.45, 7) is 6.59. The molecule has 67 heavy (non-hydrogen) atoms. The zero-order valence-corrected chi connectivity index (χ0v) is 45.0. The van der Waals surface area contributed by atoms with Gasteiger partial charge in [-0.15, -0.1) is 0 Å². The van der Waals surface area contributed by atoms with Gasteiger partial charge in [0.1, 0.15) is 19.3 Å². The van der Waals surface area contributed by atoms with Gasteiger partial charge in [0, 0.05) is 12.8 Å². The molecular weight excluding hydrogens is 856 g/mol. The van der Waals surface area contributed by atoms with Crippen LogP contribution in [0.25, 0.3) is 0 Å². The van der Waals surface area contributed by atoms with Gasteiger partial charge in [-0.1, -0.05) is 197 Å². The van der Waals surface area contributed by atoms with Gasteiger partial charge in [0.25, 0.3) is 7.82 Å². The second-order valence-corrected chi connectivity index (χ2v) is 20.7. The summed E-state index contributed by atoms with van der Waals surface area (Å²) in [5.74, 6) is -0.580.